The lowest BCUT2D eigenvalue weighted by atomic mass is 9.93. The molecule has 0 saturated carbocycles. The van der Waals surface area contributed by atoms with Gasteiger partial charge in [0.15, 0.2) is 5.76 Å². The average Bonchev–Trinajstić information content (AvgIpc) is 3.52. The number of carbonyl (C=O) groups is 2. The lowest BCUT2D eigenvalue weighted by Crippen LogP contribution is -2.63. The second-order valence-electron chi connectivity index (χ2n) is 8.92. The van der Waals surface area contributed by atoms with Crippen molar-refractivity contribution in [2.24, 2.45) is 0 Å². The Balaban J connectivity index is 1.51. The summed E-state index contributed by atoms with van der Waals surface area (Å²) < 4.78 is 21.5. The highest BCUT2D eigenvalue weighted by Crippen LogP contribution is 2.32. The summed E-state index contributed by atoms with van der Waals surface area (Å²) in [4.78, 5) is 28.8. The summed E-state index contributed by atoms with van der Waals surface area (Å²) in [5.74, 6) is -0.658. The number of nitrogens with zero attached hydrogens (tertiary/aromatic N) is 3. The molecule has 0 spiro atoms. The van der Waals surface area contributed by atoms with Gasteiger partial charge in [-0.3, -0.25) is 14.3 Å². The van der Waals surface area contributed by atoms with Gasteiger partial charge in [0.2, 0.25) is 5.91 Å². The molecule has 0 saturated heterocycles. The van der Waals surface area contributed by atoms with E-state index in [4.69, 9.17) is 4.42 Å². The molecule has 0 fully saturated rings. The van der Waals surface area contributed by atoms with Crippen LogP contribution in [0.15, 0.2) is 77.4 Å². The molecule has 2 amide bonds. The van der Waals surface area contributed by atoms with Crippen LogP contribution in [0.1, 0.15) is 34.1 Å². The van der Waals surface area contributed by atoms with Gasteiger partial charge in [-0.2, -0.15) is 5.10 Å². The molecule has 1 unspecified atom stereocenters. The van der Waals surface area contributed by atoms with Crippen LogP contribution in [-0.4, -0.2) is 32.0 Å². The summed E-state index contributed by atoms with van der Waals surface area (Å²) in [6.45, 7) is 4.04. The van der Waals surface area contributed by atoms with E-state index in [1.807, 2.05) is 31.2 Å². The molecule has 8 heteroatoms. The minimum Gasteiger partial charge on any atom is -0.463 e. The van der Waals surface area contributed by atoms with E-state index in [0.29, 0.717) is 29.3 Å². The van der Waals surface area contributed by atoms with Gasteiger partial charge in [0, 0.05) is 18.2 Å². The van der Waals surface area contributed by atoms with E-state index in [1.54, 1.807) is 43.3 Å². The van der Waals surface area contributed by atoms with Crippen molar-refractivity contribution in [3.8, 4) is 11.5 Å². The van der Waals surface area contributed by atoms with E-state index in [9.17, 15) is 14.0 Å². The van der Waals surface area contributed by atoms with Crippen LogP contribution in [-0.2, 0) is 24.4 Å². The first-order chi connectivity index (χ1) is 16.9. The number of rotatable bonds is 6. The maximum Gasteiger partial charge on any atom is 0.273 e. The predicted octanol–water partition coefficient (Wildman–Crippen LogP) is 4.32. The third kappa shape index (κ3) is 4.12. The molecule has 3 heterocycles. The number of furan rings is 1. The van der Waals surface area contributed by atoms with E-state index in [-0.39, 0.29) is 19.0 Å². The summed E-state index contributed by atoms with van der Waals surface area (Å²) >= 11 is 0. The Labute approximate surface area is 202 Å². The Morgan fingerprint density at radius 3 is 2.57 bits per heavy atom. The Hall–Kier alpha value is -4.20. The van der Waals surface area contributed by atoms with Crippen molar-refractivity contribution in [3.05, 3.63) is 101 Å². The largest absolute Gasteiger partial charge is 0.463 e. The van der Waals surface area contributed by atoms with Crippen LogP contribution in [0.3, 0.4) is 0 Å². The van der Waals surface area contributed by atoms with Crippen molar-refractivity contribution in [2.45, 2.75) is 39.0 Å². The average molecular weight is 473 g/mol. The quantitative estimate of drug-likeness (QED) is 0.453. The summed E-state index contributed by atoms with van der Waals surface area (Å²) in [5.41, 5.74) is 1.87. The van der Waals surface area contributed by atoms with Gasteiger partial charge in [-0.25, -0.2) is 4.39 Å². The van der Waals surface area contributed by atoms with Crippen LogP contribution >= 0.6 is 0 Å². The molecule has 2 aromatic carbocycles. The van der Waals surface area contributed by atoms with Gasteiger partial charge in [0.05, 0.1) is 19.4 Å². The molecule has 35 heavy (non-hydrogen) atoms. The standard InChI is InChI=1S/C27H25FN4O3/c1-18-8-3-4-9-19(18)15-29-26(34)27(2)17-32-23(14-22(30-32)24-12-7-13-35-24)25(33)31(27)16-20-10-5-6-11-21(20)28/h3-14H,15-17H2,1-2H3,(H,29,34). The molecule has 1 aliphatic rings. The summed E-state index contributed by atoms with van der Waals surface area (Å²) in [6.07, 6.45) is 1.53. The maximum atomic E-state index is 14.6. The topological polar surface area (TPSA) is 80.4 Å². The molecule has 178 valence electrons. The van der Waals surface area contributed by atoms with Gasteiger partial charge in [0.25, 0.3) is 5.91 Å². The number of aromatic nitrogens is 2. The molecule has 1 atom stereocenters. The van der Waals surface area contributed by atoms with Gasteiger partial charge in [-0.05, 0) is 43.2 Å². The number of halogens is 1. The summed E-state index contributed by atoms with van der Waals surface area (Å²) in [6, 6.07) is 19.2. The second-order valence-corrected chi connectivity index (χ2v) is 8.92. The zero-order valence-electron chi connectivity index (χ0n) is 19.5. The number of hydrogen-bond donors (Lipinski definition) is 1. The number of aryl methyl sites for hydroxylation is 1. The lowest BCUT2D eigenvalue weighted by molar-refractivity contribution is -0.133. The molecule has 4 aromatic rings. The highest BCUT2D eigenvalue weighted by atomic mass is 19.1. The molecule has 5 rings (SSSR count). The molecule has 0 radical (unpaired) electrons. The fourth-order valence-corrected chi connectivity index (χ4v) is 4.41. The Morgan fingerprint density at radius 1 is 1.11 bits per heavy atom. The first-order valence-corrected chi connectivity index (χ1v) is 11.4. The van der Waals surface area contributed by atoms with Crippen molar-refractivity contribution >= 4 is 11.8 Å². The van der Waals surface area contributed by atoms with E-state index < -0.39 is 17.3 Å². The number of fused-ring (bicyclic) bond motifs is 1. The van der Waals surface area contributed by atoms with E-state index in [2.05, 4.69) is 10.4 Å². The monoisotopic (exact) mass is 472 g/mol. The van der Waals surface area contributed by atoms with Gasteiger partial charge >= 0.3 is 0 Å². The molecule has 7 nitrogen and oxygen atoms in total. The first-order valence-electron chi connectivity index (χ1n) is 11.4. The Morgan fingerprint density at radius 2 is 1.86 bits per heavy atom. The van der Waals surface area contributed by atoms with Crippen LogP contribution in [0.2, 0.25) is 0 Å². The minimum atomic E-state index is -1.30. The van der Waals surface area contributed by atoms with Gasteiger partial charge < -0.3 is 14.6 Å². The Kier molecular flexibility index (Phi) is 5.72. The third-order valence-corrected chi connectivity index (χ3v) is 6.55. The van der Waals surface area contributed by atoms with Crippen LogP contribution in [0.4, 0.5) is 4.39 Å². The van der Waals surface area contributed by atoms with Gasteiger partial charge in [-0.15, -0.1) is 0 Å². The number of carbonyl (C=O) groups excluding carboxylic acids is 2. The fourth-order valence-electron chi connectivity index (χ4n) is 4.41. The molecule has 0 aliphatic carbocycles. The van der Waals surface area contributed by atoms with E-state index >= 15 is 0 Å². The number of hydrogen-bond acceptors (Lipinski definition) is 4. The lowest BCUT2D eigenvalue weighted by Gasteiger charge is -2.43. The van der Waals surface area contributed by atoms with Crippen molar-refractivity contribution in [3.63, 3.8) is 0 Å². The first kappa shape index (κ1) is 22.6. The SMILES string of the molecule is Cc1ccccc1CNC(=O)C1(C)Cn2nc(-c3ccco3)cc2C(=O)N1Cc1ccccc1F. The highest BCUT2D eigenvalue weighted by Gasteiger charge is 2.48. The van der Waals surface area contributed by atoms with Gasteiger partial charge in [-0.1, -0.05) is 42.5 Å². The number of amides is 2. The summed E-state index contributed by atoms with van der Waals surface area (Å²) in [5, 5.41) is 7.51. The minimum absolute atomic E-state index is 0.0545. The van der Waals surface area contributed by atoms with Crippen LogP contribution < -0.4 is 5.32 Å². The van der Waals surface area contributed by atoms with Crippen LogP contribution in [0.25, 0.3) is 11.5 Å². The van der Waals surface area contributed by atoms with E-state index in [0.717, 1.165) is 11.1 Å². The Bertz CT molecular complexity index is 1400. The van der Waals surface area contributed by atoms with Crippen molar-refractivity contribution in [2.75, 3.05) is 0 Å². The van der Waals surface area contributed by atoms with Crippen molar-refractivity contribution in [1.82, 2.24) is 20.0 Å². The molecule has 1 aliphatic heterocycles. The molecular weight excluding hydrogens is 447 g/mol. The number of nitrogens with one attached hydrogen (secondary N) is 1. The summed E-state index contributed by atoms with van der Waals surface area (Å²) in [7, 11) is 0. The highest BCUT2D eigenvalue weighted by molar-refractivity contribution is 6.00. The zero-order chi connectivity index (χ0) is 24.6. The van der Waals surface area contributed by atoms with E-state index in [1.165, 1.54) is 21.9 Å². The van der Waals surface area contributed by atoms with Crippen LogP contribution in [0, 0.1) is 12.7 Å². The van der Waals surface area contributed by atoms with Crippen LogP contribution in [0.5, 0.6) is 0 Å². The third-order valence-electron chi connectivity index (χ3n) is 6.55. The predicted molar refractivity (Wildman–Crippen MR) is 128 cm³/mol. The molecule has 2 aromatic heterocycles. The second kappa shape index (κ2) is 8.87. The number of benzene rings is 2. The van der Waals surface area contributed by atoms with Gasteiger partial charge in [0.1, 0.15) is 22.7 Å². The molecule has 1 N–H and O–H groups in total. The molecule has 0 bridgehead atoms. The smallest absolute Gasteiger partial charge is 0.273 e. The zero-order valence-corrected chi connectivity index (χ0v) is 19.5. The van der Waals surface area contributed by atoms with Crippen molar-refractivity contribution < 1.29 is 18.4 Å². The fraction of sp³-hybridized carbons (Fsp3) is 0.222. The van der Waals surface area contributed by atoms with Crippen molar-refractivity contribution in [1.29, 1.82) is 0 Å². The molecular formula is C27H25FN4O3. The normalized spacial score (nSPS) is 17.3. The maximum absolute atomic E-state index is 14.6.